The van der Waals surface area contributed by atoms with Gasteiger partial charge >= 0.3 is 0 Å². The molecular formula is C25H37FN2O2. The van der Waals surface area contributed by atoms with Crippen LogP contribution >= 0.6 is 0 Å². The zero-order valence-corrected chi connectivity index (χ0v) is 18.3. The van der Waals surface area contributed by atoms with Crippen LogP contribution in [0, 0.1) is 23.6 Å². The highest BCUT2D eigenvalue weighted by molar-refractivity contribution is 5.87. The lowest BCUT2D eigenvalue weighted by Crippen LogP contribution is -2.54. The van der Waals surface area contributed by atoms with E-state index in [0.717, 1.165) is 63.5 Å². The van der Waals surface area contributed by atoms with Crippen molar-refractivity contribution in [2.24, 2.45) is 17.8 Å². The number of halogens is 1. The molecular weight excluding hydrogens is 379 g/mol. The van der Waals surface area contributed by atoms with Crippen molar-refractivity contribution in [2.75, 3.05) is 19.6 Å². The minimum Gasteiger partial charge on any atom is -0.375 e. The van der Waals surface area contributed by atoms with Crippen LogP contribution in [0.15, 0.2) is 24.3 Å². The van der Waals surface area contributed by atoms with Gasteiger partial charge in [-0.3, -0.25) is 4.79 Å². The minimum absolute atomic E-state index is 0.0518. The fraction of sp³-hybridized carbons (Fsp3) is 0.720. The van der Waals surface area contributed by atoms with Crippen molar-refractivity contribution in [3.8, 4) is 0 Å². The summed E-state index contributed by atoms with van der Waals surface area (Å²) in [5.41, 5.74) is -1.65. The molecule has 4 nitrogen and oxygen atoms in total. The fourth-order valence-electron chi connectivity index (χ4n) is 6.05. The Kier molecular flexibility index (Phi) is 6.78. The molecule has 1 heterocycles. The molecule has 0 aromatic heterocycles. The molecule has 4 rings (SSSR count). The Morgan fingerprint density at radius 2 is 1.83 bits per heavy atom. The highest BCUT2D eigenvalue weighted by Gasteiger charge is 2.48. The Bertz CT molecular complexity index is 728. The molecule has 2 aliphatic carbocycles. The Hall–Kier alpha value is -1.46. The molecule has 1 aromatic rings. The number of nitrogens with one attached hydrogen (secondary N) is 1. The van der Waals surface area contributed by atoms with Crippen molar-refractivity contribution in [1.29, 1.82) is 0 Å². The SMILES string of the molecule is C[C@@H]1CC[C@@H](CN2CCC(NC(=O)C(O)(c3ccccc3F)C3CCCC3)CC2)C1. The maximum absolute atomic E-state index is 14.6. The van der Waals surface area contributed by atoms with E-state index >= 15 is 0 Å². The highest BCUT2D eigenvalue weighted by Crippen LogP contribution is 2.42. The maximum atomic E-state index is 14.6. The smallest absolute Gasteiger partial charge is 0.257 e. The van der Waals surface area contributed by atoms with Crippen molar-refractivity contribution in [1.82, 2.24) is 10.2 Å². The summed E-state index contributed by atoms with van der Waals surface area (Å²) in [7, 11) is 0. The summed E-state index contributed by atoms with van der Waals surface area (Å²) >= 11 is 0. The average molecular weight is 417 g/mol. The summed E-state index contributed by atoms with van der Waals surface area (Å²) in [5, 5.41) is 14.7. The molecule has 0 bridgehead atoms. The number of amides is 1. The van der Waals surface area contributed by atoms with Crippen LogP contribution in [-0.2, 0) is 10.4 Å². The second kappa shape index (κ2) is 9.35. The number of rotatable bonds is 6. The van der Waals surface area contributed by atoms with Crippen LogP contribution in [0.25, 0.3) is 0 Å². The van der Waals surface area contributed by atoms with Gasteiger partial charge in [-0.05, 0) is 56.4 Å². The van der Waals surface area contributed by atoms with Gasteiger partial charge in [-0.25, -0.2) is 4.39 Å². The first-order valence-corrected chi connectivity index (χ1v) is 12.0. The first kappa shape index (κ1) is 21.8. The Balaban J connectivity index is 1.38. The minimum atomic E-state index is -1.78. The number of carbonyl (C=O) groups excluding carboxylic acids is 1. The van der Waals surface area contributed by atoms with Crippen LogP contribution in [0.1, 0.15) is 70.3 Å². The van der Waals surface area contributed by atoms with Gasteiger partial charge < -0.3 is 15.3 Å². The van der Waals surface area contributed by atoms with E-state index in [9.17, 15) is 14.3 Å². The number of hydrogen-bond donors (Lipinski definition) is 2. The second-order valence-corrected chi connectivity index (χ2v) is 10.1. The molecule has 1 amide bonds. The van der Waals surface area contributed by atoms with Crippen LogP contribution in [0.3, 0.4) is 0 Å². The quantitative estimate of drug-likeness (QED) is 0.730. The normalized spacial score (nSPS) is 28.5. The lowest BCUT2D eigenvalue weighted by atomic mass is 9.78. The van der Waals surface area contributed by atoms with Crippen LogP contribution in [0.4, 0.5) is 4.39 Å². The number of carbonyl (C=O) groups is 1. The summed E-state index contributed by atoms with van der Waals surface area (Å²) in [6, 6.07) is 6.26. The Morgan fingerprint density at radius 1 is 1.13 bits per heavy atom. The number of hydrogen-bond acceptors (Lipinski definition) is 3. The van der Waals surface area contributed by atoms with Gasteiger partial charge in [0.25, 0.3) is 5.91 Å². The van der Waals surface area contributed by atoms with Crippen LogP contribution in [-0.4, -0.2) is 41.6 Å². The fourth-order valence-corrected chi connectivity index (χ4v) is 6.05. The second-order valence-electron chi connectivity index (χ2n) is 10.1. The monoisotopic (exact) mass is 416 g/mol. The third-order valence-corrected chi connectivity index (χ3v) is 7.82. The molecule has 1 aliphatic heterocycles. The lowest BCUT2D eigenvalue weighted by Gasteiger charge is -2.38. The van der Waals surface area contributed by atoms with Crippen LogP contribution in [0.2, 0.25) is 0 Å². The van der Waals surface area contributed by atoms with Gasteiger partial charge in [0.1, 0.15) is 5.82 Å². The third kappa shape index (κ3) is 4.57. The van der Waals surface area contributed by atoms with Crippen molar-refractivity contribution in [2.45, 2.75) is 76.4 Å². The number of nitrogens with zero attached hydrogens (tertiary/aromatic N) is 1. The molecule has 3 fully saturated rings. The van der Waals surface area contributed by atoms with E-state index in [2.05, 4.69) is 17.1 Å². The number of likely N-dealkylation sites (tertiary alicyclic amines) is 1. The Labute approximate surface area is 180 Å². The molecule has 1 saturated heterocycles. The molecule has 5 heteroatoms. The molecule has 2 N–H and O–H groups in total. The Morgan fingerprint density at radius 3 is 2.47 bits per heavy atom. The first-order chi connectivity index (χ1) is 14.5. The van der Waals surface area contributed by atoms with E-state index in [-0.39, 0.29) is 17.5 Å². The lowest BCUT2D eigenvalue weighted by molar-refractivity contribution is -0.149. The molecule has 30 heavy (non-hydrogen) atoms. The van der Waals surface area contributed by atoms with Gasteiger partial charge in [0, 0.05) is 37.2 Å². The van der Waals surface area contributed by atoms with Crippen molar-refractivity contribution >= 4 is 5.91 Å². The number of benzene rings is 1. The summed E-state index contributed by atoms with van der Waals surface area (Å²) in [6.07, 6.45) is 9.31. The van der Waals surface area contributed by atoms with E-state index in [0.29, 0.717) is 0 Å². The summed E-state index contributed by atoms with van der Waals surface area (Å²) in [6.45, 7) is 5.49. The molecule has 2 saturated carbocycles. The zero-order valence-electron chi connectivity index (χ0n) is 18.3. The van der Waals surface area contributed by atoms with Gasteiger partial charge in [0.15, 0.2) is 5.60 Å². The predicted molar refractivity (Wildman–Crippen MR) is 116 cm³/mol. The van der Waals surface area contributed by atoms with Crippen molar-refractivity contribution < 1.29 is 14.3 Å². The molecule has 0 radical (unpaired) electrons. The summed E-state index contributed by atoms with van der Waals surface area (Å²) in [5.74, 6) is 0.544. The topological polar surface area (TPSA) is 52.6 Å². The van der Waals surface area contributed by atoms with Gasteiger partial charge in [-0.1, -0.05) is 44.4 Å². The molecule has 3 aliphatic rings. The van der Waals surface area contributed by atoms with E-state index in [1.165, 1.54) is 31.9 Å². The largest absolute Gasteiger partial charge is 0.375 e. The molecule has 166 valence electrons. The standard InChI is InChI=1S/C25H37FN2O2/c1-18-10-11-19(16-18)17-28-14-12-21(13-15-28)27-24(29)25(30,20-6-2-3-7-20)22-8-4-5-9-23(22)26/h4-5,8-9,18-21,30H,2-3,6-7,10-17H2,1H3,(H,27,29)/t18-,19-,25?/m1/s1. The van der Waals surface area contributed by atoms with Crippen LogP contribution in [0.5, 0.6) is 0 Å². The van der Waals surface area contributed by atoms with Crippen LogP contribution < -0.4 is 5.32 Å². The number of piperidine rings is 1. The molecule has 1 unspecified atom stereocenters. The summed E-state index contributed by atoms with van der Waals surface area (Å²) in [4.78, 5) is 15.9. The van der Waals surface area contributed by atoms with E-state index < -0.39 is 17.3 Å². The molecule has 3 atom stereocenters. The molecule has 0 spiro atoms. The van der Waals surface area contributed by atoms with Gasteiger partial charge in [0.2, 0.25) is 0 Å². The highest BCUT2D eigenvalue weighted by atomic mass is 19.1. The van der Waals surface area contributed by atoms with Crippen molar-refractivity contribution in [3.63, 3.8) is 0 Å². The van der Waals surface area contributed by atoms with Gasteiger partial charge in [0.05, 0.1) is 0 Å². The first-order valence-electron chi connectivity index (χ1n) is 12.0. The maximum Gasteiger partial charge on any atom is 0.257 e. The third-order valence-electron chi connectivity index (χ3n) is 7.82. The average Bonchev–Trinajstić information content (AvgIpc) is 3.41. The molecule has 1 aromatic carbocycles. The predicted octanol–water partition coefficient (Wildman–Crippen LogP) is 4.22. The number of aliphatic hydroxyl groups is 1. The van der Waals surface area contributed by atoms with Gasteiger partial charge in [-0.2, -0.15) is 0 Å². The van der Waals surface area contributed by atoms with E-state index in [1.807, 2.05) is 0 Å². The zero-order chi connectivity index (χ0) is 21.1. The van der Waals surface area contributed by atoms with E-state index in [4.69, 9.17) is 0 Å². The summed E-state index contributed by atoms with van der Waals surface area (Å²) < 4.78 is 14.6. The van der Waals surface area contributed by atoms with Crippen molar-refractivity contribution in [3.05, 3.63) is 35.6 Å². The van der Waals surface area contributed by atoms with E-state index in [1.54, 1.807) is 18.2 Å². The van der Waals surface area contributed by atoms with Gasteiger partial charge in [-0.15, -0.1) is 0 Å².